The van der Waals surface area contributed by atoms with E-state index in [1.54, 1.807) is 0 Å². The average molecular weight is 460 g/mol. The molecule has 2 aromatic carbocycles. The van der Waals surface area contributed by atoms with Crippen LogP contribution in [0.15, 0.2) is 59.4 Å². The van der Waals surface area contributed by atoms with Crippen LogP contribution in [0.25, 0.3) is 22.1 Å². The molecule has 34 heavy (non-hydrogen) atoms. The second-order valence-corrected chi connectivity index (χ2v) is 8.84. The summed E-state index contributed by atoms with van der Waals surface area (Å²) in [5.41, 5.74) is 2.96. The number of amides is 1. The Morgan fingerprint density at radius 3 is 2.76 bits per heavy atom. The van der Waals surface area contributed by atoms with Gasteiger partial charge in [-0.05, 0) is 56.2 Å². The normalized spacial score (nSPS) is 16.3. The number of carbonyl (C=O) groups excluding carboxylic acids is 1. The van der Waals surface area contributed by atoms with Crippen molar-refractivity contribution in [3.8, 4) is 5.75 Å². The van der Waals surface area contributed by atoms with Gasteiger partial charge >= 0.3 is 5.69 Å². The summed E-state index contributed by atoms with van der Waals surface area (Å²) in [6.07, 6.45) is 2.15. The Labute approximate surface area is 197 Å². The zero-order chi connectivity index (χ0) is 23.5. The minimum atomic E-state index is -0.267. The lowest BCUT2D eigenvalue weighted by Gasteiger charge is -2.41. The Bertz CT molecular complexity index is 1350. The Morgan fingerprint density at radius 1 is 1.09 bits per heavy atom. The summed E-state index contributed by atoms with van der Waals surface area (Å²) in [4.78, 5) is 38.5. The predicted molar refractivity (Wildman–Crippen MR) is 133 cm³/mol. The fraction of sp³-hybridized carbons (Fsp3) is 0.346. The van der Waals surface area contributed by atoms with Crippen LogP contribution in [-0.4, -0.2) is 58.0 Å². The summed E-state index contributed by atoms with van der Waals surface area (Å²) in [7, 11) is 0. The van der Waals surface area contributed by atoms with Gasteiger partial charge in [0.15, 0.2) is 5.65 Å². The number of hydrogen-bond acceptors (Lipinski definition) is 5. The summed E-state index contributed by atoms with van der Waals surface area (Å²) in [6, 6.07) is 18.2. The van der Waals surface area contributed by atoms with Crippen LogP contribution in [0.1, 0.15) is 26.2 Å². The quantitative estimate of drug-likeness (QED) is 0.411. The molecule has 1 atom stereocenters. The highest BCUT2D eigenvalue weighted by Crippen LogP contribution is 2.23. The molecule has 2 N–H and O–H groups in total. The molecule has 5 rings (SSSR count). The number of hydrogen-bond donors (Lipinski definition) is 2. The molecule has 8 nitrogen and oxygen atoms in total. The van der Waals surface area contributed by atoms with E-state index in [1.807, 2.05) is 35.2 Å². The largest absolute Gasteiger partial charge is 0.494 e. The number of nitrogens with one attached hydrogen (secondary N) is 2. The van der Waals surface area contributed by atoms with Crippen molar-refractivity contribution >= 4 is 33.7 Å². The van der Waals surface area contributed by atoms with Crippen molar-refractivity contribution in [2.24, 2.45) is 0 Å². The Hall–Kier alpha value is -3.81. The van der Waals surface area contributed by atoms with Crippen LogP contribution in [-0.2, 0) is 4.79 Å². The first-order valence-corrected chi connectivity index (χ1v) is 11.8. The van der Waals surface area contributed by atoms with Crippen molar-refractivity contribution in [1.29, 1.82) is 0 Å². The number of fused-ring (bicyclic) bond motifs is 2. The summed E-state index contributed by atoms with van der Waals surface area (Å²) in [5.74, 6) is 0.977. The molecule has 1 fully saturated rings. The molecule has 1 saturated heterocycles. The standard InChI is InChI=1S/C26H29N5O3/c1-18-17-30(20-7-3-2-4-8-20)12-13-31(18)24(32)9-5-6-14-34-21-10-11-22-19(15-21)16-23-25(27-22)29-26(33)28-23/h2-4,7-8,10-11,15-16,18H,5-6,9,12-14,17H2,1H3,(H2,27,28,29,33). The summed E-state index contributed by atoms with van der Waals surface area (Å²) >= 11 is 0. The summed E-state index contributed by atoms with van der Waals surface area (Å²) in [5, 5.41) is 0.902. The van der Waals surface area contributed by atoms with E-state index in [2.05, 4.69) is 51.0 Å². The topological polar surface area (TPSA) is 94.3 Å². The van der Waals surface area contributed by atoms with Crippen LogP contribution in [0.5, 0.6) is 5.75 Å². The van der Waals surface area contributed by atoms with E-state index < -0.39 is 0 Å². The number of pyridine rings is 1. The Balaban J connectivity index is 1.08. The molecule has 0 radical (unpaired) electrons. The van der Waals surface area contributed by atoms with Crippen molar-refractivity contribution in [2.45, 2.75) is 32.2 Å². The van der Waals surface area contributed by atoms with Gasteiger partial charge in [-0.15, -0.1) is 0 Å². The molecule has 1 unspecified atom stereocenters. The molecule has 2 aromatic heterocycles. The third-order valence-corrected chi connectivity index (χ3v) is 6.39. The summed E-state index contributed by atoms with van der Waals surface area (Å²) in [6.45, 7) is 5.16. The van der Waals surface area contributed by atoms with Crippen LogP contribution in [0.3, 0.4) is 0 Å². The van der Waals surface area contributed by atoms with Crippen LogP contribution in [0, 0.1) is 0 Å². The minimum absolute atomic E-state index is 0.199. The van der Waals surface area contributed by atoms with E-state index in [9.17, 15) is 9.59 Å². The van der Waals surface area contributed by atoms with Gasteiger partial charge in [0, 0.05) is 43.2 Å². The number of benzene rings is 2. The highest BCUT2D eigenvalue weighted by molar-refractivity contribution is 5.90. The highest BCUT2D eigenvalue weighted by atomic mass is 16.5. The number of imidazole rings is 1. The maximum Gasteiger partial charge on any atom is 0.325 e. The molecule has 3 heterocycles. The summed E-state index contributed by atoms with van der Waals surface area (Å²) < 4.78 is 5.90. The number of nitrogens with zero attached hydrogens (tertiary/aromatic N) is 3. The molecular formula is C26H29N5O3. The van der Waals surface area contributed by atoms with Gasteiger partial charge in [-0.25, -0.2) is 9.78 Å². The molecule has 1 aliphatic rings. The first-order valence-electron chi connectivity index (χ1n) is 11.8. The van der Waals surface area contributed by atoms with Gasteiger partial charge in [-0.3, -0.25) is 9.78 Å². The van der Waals surface area contributed by atoms with Crippen molar-refractivity contribution in [1.82, 2.24) is 19.9 Å². The van der Waals surface area contributed by atoms with Gasteiger partial charge in [-0.2, -0.15) is 0 Å². The third kappa shape index (κ3) is 4.76. The van der Waals surface area contributed by atoms with Gasteiger partial charge in [-0.1, -0.05) is 18.2 Å². The Kier molecular flexibility index (Phi) is 6.20. The number of anilines is 1. The minimum Gasteiger partial charge on any atom is -0.494 e. The van der Waals surface area contributed by atoms with Crippen molar-refractivity contribution in [3.63, 3.8) is 0 Å². The average Bonchev–Trinajstić information content (AvgIpc) is 3.21. The lowest BCUT2D eigenvalue weighted by molar-refractivity contribution is -0.133. The molecule has 8 heteroatoms. The number of H-pyrrole nitrogens is 2. The number of ether oxygens (including phenoxy) is 1. The van der Waals surface area contributed by atoms with Crippen LogP contribution >= 0.6 is 0 Å². The molecule has 0 aliphatic carbocycles. The maximum atomic E-state index is 12.8. The molecule has 0 bridgehead atoms. The molecule has 1 aliphatic heterocycles. The van der Waals surface area contributed by atoms with E-state index in [0.717, 1.165) is 49.1 Å². The van der Waals surface area contributed by atoms with Gasteiger partial charge in [0.1, 0.15) is 5.75 Å². The van der Waals surface area contributed by atoms with E-state index in [-0.39, 0.29) is 17.6 Å². The third-order valence-electron chi connectivity index (χ3n) is 6.39. The van der Waals surface area contributed by atoms with Crippen molar-refractivity contribution in [3.05, 3.63) is 65.1 Å². The molecule has 176 valence electrons. The van der Waals surface area contributed by atoms with E-state index in [1.165, 1.54) is 5.69 Å². The number of aromatic nitrogens is 3. The predicted octanol–water partition coefficient (Wildman–Crippen LogP) is 3.69. The molecular weight excluding hydrogens is 430 g/mol. The molecule has 1 amide bonds. The molecule has 4 aromatic rings. The highest BCUT2D eigenvalue weighted by Gasteiger charge is 2.27. The second kappa shape index (κ2) is 9.59. The lowest BCUT2D eigenvalue weighted by atomic mass is 10.1. The lowest BCUT2D eigenvalue weighted by Crippen LogP contribution is -2.54. The fourth-order valence-corrected chi connectivity index (χ4v) is 4.61. The van der Waals surface area contributed by atoms with Crippen molar-refractivity contribution in [2.75, 3.05) is 31.1 Å². The number of piperazine rings is 1. The smallest absolute Gasteiger partial charge is 0.325 e. The Morgan fingerprint density at radius 2 is 1.94 bits per heavy atom. The van der Waals surface area contributed by atoms with Crippen LogP contribution < -0.4 is 15.3 Å². The van der Waals surface area contributed by atoms with E-state index >= 15 is 0 Å². The van der Waals surface area contributed by atoms with Gasteiger partial charge in [0.2, 0.25) is 5.91 Å². The van der Waals surface area contributed by atoms with Crippen molar-refractivity contribution < 1.29 is 9.53 Å². The number of rotatable bonds is 7. The van der Waals surface area contributed by atoms with Gasteiger partial charge in [0.25, 0.3) is 0 Å². The first kappa shape index (κ1) is 22.0. The van der Waals surface area contributed by atoms with E-state index in [4.69, 9.17) is 4.74 Å². The first-order chi connectivity index (χ1) is 16.6. The number of aromatic amines is 2. The zero-order valence-corrected chi connectivity index (χ0v) is 19.3. The zero-order valence-electron chi connectivity index (χ0n) is 19.3. The second-order valence-electron chi connectivity index (χ2n) is 8.84. The van der Waals surface area contributed by atoms with Crippen LogP contribution in [0.4, 0.5) is 5.69 Å². The molecule has 0 spiro atoms. The number of unbranched alkanes of at least 4 members (excludes halogenated alkanes) is 1. The van der Waals surface area contributed by atoms with E-state index in [0.29, 0.717) is 24.2 Å². The molecule has 0 saturated carbocycles. The monoisotopic (exact) mass is 459 g/mol. The number of carbonyl (C=O) groups is 1. The van der Waals surface area contributed by atoms with Crippen LogP contribution in [0.2, 0.25) is 0 Å². The van der Waals surface area contributed by atoms with Gasteiger partial charge < -0.3 is 19.5 Å². The fourth-order valence-electron chi connectivity index (χ4n) is 4.61. The maximum absolute atomic E-state index is 12.8. The SMILES string of the molecule is CC1CN(c2ccccc2)CCN1C(=O)CCCCOc1ccc2nc3[nH]c(=O)[nH]c3cc2c1. The number of para-hydroxylation sites is 1. The van der Waals surface area contributed by atoms with Gasteiger partial charge in [0.05, 0.1) is 17.6 Å².